The Hall–Kier alpha value is -1.40. The fraction of sp³-hybridized carbons (Fsp3) is 0.789. The van der Waals surface area contributed by atoms with Crippen LogP contribution >= 0.6 is 0 Å². The molecule has 0 radical (unpaired) electrons. The Morgan fingerprint density at radius 2 is 2.16 bits per heavy atom. The van der Waals surface area contributed by atoms with Gasteiger partial charge in [0.1, 0.15) is 0 Å². The molecule has 0 unspecified atom stereocenters. The van der Waals surface area contributed by atoms with Crippen LogP contribution in [0.25, 0.3) is 0 Å². The maximum Gasteiger partial charge on any atom is 0.226 e. The van der Waals surface area contributed by atoms with Crippen LogP contribution in [0.15, 0.2) is 0 Å². The Labute approximate surface area is 151 Å². The second-order valence-electron chi connectivity index (χ2n) is 7.52. The van der Waals surface area contributed by atoms with Crippen molar-refractivity contribution < 1.29 is 14.3 Å². The summed E-state index contributed by atoms with van der Waals surface area (Å²) in [5.74, 6) is 0.221. The fourth-order valence-corrected chi connectivity index (χ4v) is 3.63. The first-order valence-electron chi connectivity index (χ1n) is 9.23. The van der Waals surface area contributed by atoms with E-state index in [-0.39, 0.29) is 17.4 Å². The predicted molar refractivity (Wildman–Crippen MR) is 97.4 cm³/mol. The highest BCUT2D eigenvalue weighted by Crippen LogP contribution is 2.30. The van der Waals surface area contributed by atoms with Crippen molar-refractivity contribution in [2.45, 2.75) is 66.2 Å². The van der Waals surface area contributed by atoms with Crippen LogP contribution in [0.4, 0.5) is 0 Å². The van der Waals surface area contributed by atoms with Gasteiger partial charge in [-0.3, -0.25) is 9.48 Å². The lowest BCUT2D eigenvalue weighted by atomic mass is 9.87. The van der Waals surface area contributed by atoms with Gasteiger partial charge in [-0.2, -0.15) is 5.10 Å². The maximum atomic E-state index is 13.2. The van der Waals surface area contributed by atoms with Crippen molar-refractivity contribution in [2.75, 3.05) is 26.9 Å². The second-order valence-corrected chi connectivity index (χ2v) is 7.52. The normalized spacial score (nSPS) is 19.8. The Morgan fingerprint density at radius 3 is 2.72 bits per heavy atom. The molecule has 6 nitrogen and oxygen atoms in total. The zero-order chi connectivity index (χ0) is 18.6. The number of rotatable bonds is 7. The third-order valence-electron chi connectivity index (χ3n) is 5.10. The lowest BCUT2D eigenvalue weighted by Gasteiger charge is -2.37. The zero-order valence-electron chi connectivity index (χ0n) is 16.6. The van der Waals surface area contributed by atoms with Crippen molar-refractivity contribution in [3.8, 4) is 0 Å². The maximum absolute atomic E-state index is 13.2. The van der Waals surface area contributed by atoms with Gasteiger partial charge in [0.2, 0.25) is 5.91 Å². The van der Waals surface area contributed by atoms with Gasteiger partial charge in [0.05, 0.1) is 17.9 Å². The highest BCUT2D eigenvalue weighted by molar-refractivity contribution is 5.79. The number of nitrogens with zero attached hydrogens (tertiary/aromatic N) is 3. The van der Waals surface area contributed by atoms with Gasteiger partial charge in [-0.05, 0) is 47.5 Å². The molecule has 0 N–H and O–H groups in total. The summed E-state index contributed by atoms with van der Waals surface area (Å²) in [5, 5.41) is 4.58. The first-order valence-corrected chi connectivity index (χ1v) is 9.23. The highest BCUT2D eigenvalue weighted by atomic mass is 16.5. The molecule has 2 heterocycles. The highest BCUT2D eigenvalue weighted by Gasteiger charge is 2.35. The molecule has 1 aromatic heterocycles. The lowest BCUT2D eigenvalue weighted by Crippen LogP contribution is -2.44. The molecule has 1 aromatic rings. The summed E-state index contributed by atoms with van der Waals surface area (Å²) in [4.78, 5) is 15.1. The first kappa shape index (κ1) is 19.9. The summed E-state index contributed by atoms with van der Waals surface area (Å²) >= 11 is 0. The number of carbonyl (C=O) groups excluding carboxylic acids is 1. The van der Waals surface area contributed by atoms with E-state index in [4.69, 9.17) is 9.47 Å². The molecule has 0 aliphatic carbocycles. The number of methoxy groups -OCH3 is 1. The summed E-state index contributed by atoms with van der Waals surface area (Å²) in [6.07, 6.45) is 1.55. The average Bonchev–Trinajstić information content (AvgIpc) is 2.84. The number of hydrogen-bond acceptors (Lipinski definition) is 4. The van der Waals surface area contributed by atoms with E-state index in [0.29, 0.717) is 26.3 Å². The minimum absolute atomic E-state index is 0.0161. The Balaban J connectivity index is 2.18. The van der Waals surface area contributed by atoms with Gasteiger partial charge < -0.3 is 14.4 Å². The Bertz CT molecular complexity index is 595. The average molecular weight is 351 g/mol. The van der Waals surface area contributed by atoms with Crippen LogP contribution in [-0.2, 0) is 27.4 Å². The largest absolute Gasteiger partial charge is 0.383 e. The van der Waals surface area contributed by atoms with Crippen LogP contribution in [0.3, 0.4) is 0 Å². The molecule has 1 atom stereocenters. The van der Waals surface area contributed by atoms with Gasteiger partial charge in [0, 0.05) is 50.5 Å². The molecule has 1 aliphatic rings. The van der Waals surface area contributed by atoms with E-state index in [0.717, 1.165) is 36.3 Å². The standard InChI is InChI=1S/C19H33N3O3/c1-7-22-15(3)17(14(2)20-22)13-21(9-11-24-6)18(23)16-8-10-25-19(4,5)12-16/h16H,7-13H2,1-6H3/t16-/m0/s1. The lowest BCUT2D eigenvalue weighted by molar-refractivity contribution is -0.146. The van der Waals surface area contributed by atoms with Crippen molar-refractivity contribution in [1.82, 2.24) is 14.7 Å². The SMILES string of the molecule is CCn1nc(C)c(CN(CCOC)C(=O)[C@H]2CCOC(C)(C)C2)c1C. The van der Waals surface area contributed by atoms with Gasteiger partial charge in [0.25, 0.3) is 0 Å². The number of aryl methyl sites for hydroxylation is 2. The summed E-state index contributed by atoms with van der Waals surface area (Å²) < 4.78 is 13.0. The van der Waals surface area contributed by atoms with Crippen molar-refractivity contribution in [2.24, 2.45) is 5.92 Å². The van der Waals surface area contributed by atoms with E-state index in [1.54, 1.807) is 7.11 Å². The summed E-state index contributed by atoms with van der Waals surface area (Å²) in [5.41, 5.74) is 3.06. The molecule has 1 saturated heterocycles. The molecule has 1 aliphatic heterocycles. The topological polar surface area (TPSA) is 56.6 Å². The number of amides is 1. The number of aromatic nitrogens is 2. The number of carbonyl (C=O) groups is 1. The fourth-order valence-electron chi connectivity index (χ4n) is 3.63. The minimum Gasteiger partial charge on any atom is -0.383 e. The molecule has 25 heavy (non-hydrogen) atoms. The third-order valence-corrected chi connectivity index (χ3v) is 5.10. The molecular weight excluding hydrogens is 318 g/mol. The van der Waals surface area contributed by atoms with E-state index in [9.17, 15) is 4.79 Å². The molecule has 1 amide bonds. The van der Waals surface area contributed by atoms with Gasteiger partial charge in [0.15, 0.2) is 0 Å². The van der Waals surface area contributed by atoms with Crippen molar-refractivity contribution in [3.05, 3.63) is 17.0 Å². The van der Waals surface area contributed by atoms with Crippen LogP contribution in [0, 0.1) is 19.8 Å². The Morgan fingerprint density at radius 1 is 1.44 bits per heavy atom. The van der Waals surface area contributed by atoms with E-state index in [1.165, 1.54) is 0 Å². The van der Waals surface area contributed by atoms with E-state index in [2.05, 4.69) is 32.8 Å². The van der Waals surface area contributed by atoms with Crippen LogP contribution in [0.5, 0.6) is 0 Å². The van der Waals surface area contributed by atoms with E-state index < -0.39 is 0 Å². The van der Waals surface area contributed by atoms with Crippen molar-refractivity contribution in [1.29, 1.82) is 0 Å². The summed E-state index contributed by atoms with van der Waals surface area (Å²) in [6.45, 7) is 13.5. The molecule has 1 fully saturated rings. The molecule has 0 aromatic carbocycles. The van der Waals surface area contributed by atoms with Crippen LogP contribution in [0.2, 0.25) is 0 Å². The predicted octanol–water partition coefficient (Wildman–Crippen LogP) is 2.70. The first-order chi connectivity index (χ1) is 11.8. The molecule has 2 rings (SSSR count). The second kappa shape index (κ2) is 8.32. The van der Waals surface area contributed by atoms with Crippen LogP contribution in [-0.4, -0.2) is 53.1 Å². The molecular formula is C19H33N3O3. The minimum atomic E-state index is -0.232. The molecule has 0 spiro atoms. The summed E-state index contributed by atoms with van der Waals surface area (Å²) in [7, 11) is 1.67. The van der Waals surface area contributed by atoms with Gasteiger partial charge in [-0.15, -0.1) is 0 Å². The molecule has 0 bridgehead atoms. The zero-order valence-corrected chi connectivity index (χ0v) is 16.6. The van der Waals surface area contributed by atoms with Crippen LogP contribution < -0.4 is 0 Å². The summed E-state index contributed by atoms with van der Waals surface area (Å²) in [6, 6.07) is 0. The third kappa shape index (κ3) is 4.82. The quantitative estimate of drug-likeness (QED) is 0.758. The monoisotopic (exact) mass is 351 g/mol. The van der Waals surface area contributed by atoms with Crippen LogP contribution in [0.1, 0.15) is 50.6 Å². The number of hydrogen-bond donors (Lipinski definition) is 0. The van der Waals surface area contributed by atoms with Crippen molar-refractivity contribution >= 4 is 5.91 Å². The molecule has 142 valence electrons. The Kier molecular flexibility index (Phi) is 6.63. The smallest absolute Gasteiger partial charge is 0.226 e. The van der Waals surface area contributed by atoms with Gasteiger partial charge in [-0.25, -0.2) is 0 Å². The molecule has 0 saturated carbocycles. The van der Waals surface area contributed by atoms with E-state index in [1.807, 2.05) is 16.5 Å². The van der Waals surface area contributed by atoms with Gasteiger partial charge in [-0.1, -0.05) is 0 Å². The van der Waals surface area contributed by atoms with Crippen molar-refractivity contribution in [3.63, 3.8) is 0 Å². The van der Waals surface area contributed by atoms with Gasteiger partial charge >= 0.3 is 0 Å². The molecule has 6 heteroatoms. The van der Waals surface area contributed by atoms with E-state index >= 15 is 0 Å². The number of ether oxygens (including phenoxy) is 2.